The molecule has 0 saturated carbocycles. The number of rotatable bonds is 3. The molecule has 19 heavy (non-hydrogen) atoms. The predicted octanol–water partition coefficient (Wildman–Crippen LogP) is 0.322. The molecule has 100 valence electrons. The van der Waals surface area contributed by atoms with E-state index in [4.69, 9.17) is 4.52 Å². The average Bonchev–Trinajstić information content (AvgIpc) is 2.76. The Morgan fingerprint density at radius 3 is 2.95 bits per heavy atom. The lowest BCUT2D eigenvalue weighted by Crippen LogP contribution is -2.27. The van der Waals surface area contributed by atoms with Gasteiger partial charge >= 0.3 is 0 Å². The van der Waals surface area contributed by atoms with Crippen molar-refractivity contribution in [3.8, 4) is 11.6 Å². The number of nitrogens with zero attached hydrogens (tertiary/aromatic N) is 5. The molecule has 1 aliphatic rings. The third-order valence-corrected chi connectivity index (χ3v) is 3.03. The molecular weight excluding hydrogens is 244 g/mol. The SMILES string of the molecule is c1cnc(-c2noc(CN3CCCNCC3)n2)nc1. The largest absolute Gasteiger partial charge is 0.337 e. The molecule has 0 aliphatic carbocycles. The Bertz CT molecular complexity index is 506. The summed E-state index contributed by atoms with van der Waals surface area (Å²) in [6, 6.07) is 1.76. The molecule has 0 amide bonds. The lowest BCUT2D eigenvalue weighted by molar-refractivity contribution is 0.239. The number of hydrogen-bond acceptors (Lipinski definition) is 7. The number of aromatic nitrogens is 4. The molecule has 3 heterocycles. The minimum atomic E-state index is 0.448. The molecular formula is C12H16N6O. The third-order valence-electron chi connectivity index (χ3n) is 3.03. The second-order valence-electron chi connectivity index (χ2n) is 4.46. The molecule has 2 aromatic rings. The van der Waals surface area contributed by atoms with E-state index in [-0.39, 0.29) is 0 Å². The van der Waals surface area contributed by atoms with Gasteiger partial charge < -0.3 is 9.84 Å². The summed E-state index contributed by atoms with van der Waals surface area (Å²) in [5, 5.41) is 7.29. The zero-order valence-corrected chi connectivity index (χ0v) is 10.6. The van der Waals surface area contributed by atoms with Crippen molar-refractivity contribution in [3.05, 3.63) is 24.4 Å². The molecule has 1 N–H and O–H groups in total. The predicted molar refractivity (Wildman–Crippen MR) is 68.1 cm³/mol. The first-order valence-electron chi connectivity index (χ1n) is 6.45. The topological polar surface area (TPSA) is 80.0 Å². The van der Waals surface area contributed by atoms with Gasteiger partial charge in [-0.1, -0.05) is 5.16 Å². The van der Waals surface area contributed by atoms with E-state index in [0.717, 1.165) is 32.6 Å². The van der Waals surface area contributed by atoms with Crippen molar-refractivity contribution >= 4 is 0 Å². The van der Waals surface area contributed by atoms with Gasteiger partial charge in [0.05, 0.1) is 6.54 Å². The van der Waals surface area contributed by atoms with Gasteiger partial charge in [0, 0.05) is 25.5 Å². The van der Waals surface area contributed by atoms with E-state index < -0.39 is 0 Å². The van der Waals surface area contributed by atoms with Crippen LogP contribution in [0.5, 0.6) is 0 Å². The molecule has 0 bridgehead atoms. The van der Waals surface area contributed by atoms with Crippen LogP contribution in [0.15, 0.2) is 23.0 Å². The minimum Gasteiger partial charge on any atom is -0.337 e. The molecule has 2 aromatic heterocycles. The summed E-state index contributed by atoms with van der Waals surface area (Å²) in [5.74, 6) is 1.56. The highest BCUT2D eigenvalue weighted by atomic mass is 16.5. The molecule has 0 radical (unpaired) electrons. The second kappa shape index (κ2) is 5.85. The highest BCUT2D eigenvalue weighted by Crippen LogP contribution is 2.11. The van der Waals surface area contributed by atoms with Crippen molar-refractivity contribution in [2.75, 3.05) is 26.2 Å². The van der Waals surface area contributed by atoms with Crippen LogP contribution in [0.25, 0.3) is 11.6 Å². The molecule has 1 aliphatic heterocycles. The highest BCUT2D eigenvalue weighted by molar-refractivity contribution is 5.40. The summed E-state index contributed by atoms with van der Waals surface area (Å²) < 4.78 is 5.26. The standard InChI is InChI=1S/C12H16N6O/c1-4-14-11(15-5-1)12-16-10(19-17-12)9-18-7-2-3-13-6-8-18/h1,4-5,13H,2-3,6-9H2. The van der Waals surface area contributed by atoms with E-state index in [0.29, 0.717) is 24.1 Å². The first-order valence-corrected chi connectivity index (χ1v) is 6.45. The summed E-state index contributed by atoms with van der Waals surface area (Å²) in [4.78, 5) is 14.9. The molecule has 3 rings (SSSR count). The quantitative estimate of drug-likeness (QED) is 0.851. The minimum absolute atomic E-state index is 0.448. The Hall–Kier alpha value is -1.86. The Labute approximate surface area is 111 Å². The van der Waals surface area contributed by atoms with Crippen LogP contribution in [0.2, 0.25) is 0 Å². The van der Waals surface area contributed by atoms with Crippen molar-refractivity contribution in [1.29, 1.82) is 0 Å². The third kappa shape index (κ3) is 3.12. The van der Waals surface area contributed by atoms with E-state index in [1.807, 2.05) is 0 Å². The Kier molecular flexibility index (Phi) is 3.75. The van der Waals surface area contributed by atoms with Gasteiger partial charge in [-0.25, -0.2) is 9.97 Å². The van der Waals surface area contributed by atoms with Crippen LogP contribution >= 0.6 is 0 Å². The zero-order chi connectivity index (χ0) is 12.9. The first-order chi connectivity index (χ1) is 9.42. The second-order valence-corrected chi connectivity index (χ2v) is 4.46. The molecule has 7 nitrogen and oxygen atoms in total. The van der Waals surface area contributed by atoms with Crippen LogP contribution in [0, 0.1) is 0 Å². The van der Waals surface area contributed by atoms with Gasteiger partial charge in [0.2, 0.25) is 17.5 Å². The molecule has 0 spiro atoms. The van der Waals surface area contributed by atoms with Crippen molar-refractivity contribution in [1.82, 2.24) is 30.3 Å². The maximum absolute atomic E-state index is 5.26. The van der Waals surface area contributed by atoms with Crippen LogP contribution in [-0.4, -0.2) is 51.2 Å². The fourth-order valence-electron chi connectivity index (χ4n) is 2.08. The van der Waals surface area contributed by atoms with E-state index in [2.05, 4.69) is 30.3 Å². The first kappa shape index (κ1) is 12.2. The molecule has 0 unspecified atom stereocenters. The Balaban J connectivity index is 1.68. The normalized spacial score (nSPS) is 17.3. The van der Waals surface area contributed by atoms with Crippen molar-refractivity contribution in [2.24, 2.45) is 0 Å². The van der Waals surface area contributed by atoms with Gasteiger partial charge in [0.1, 0.15) is 0 Å². The summed E-state index contributed by atoms with van der Waals surface area (Å²) in [6.45, 7) is 4.81. The number of hydrogen-bond donors (Lipinski definition) is 1. The van der Waals surface area contributed by atoms with Gasteiger partial charge in [-0.2, -0.15) is 4.98 Å². The Morgan fingerprint density at radius 1 is 1.16 bits per heavy atom. The van der Waals surface area contributed by atoms with Crippen molar-refractivity contribution < 1.29 is 4.52 Å². The van der Waals surface area contributed by atoms with E-state index in [1.54, 1.807) is 18.5 Å². The molecule has 1 saturated heterocycles. The summed E-state index contributed by atoms with van der Waals surface area (Å²) in [7, 11) is 0. The van der Waals surface area contributed by atoms with Gasteiger partial charge in [0.15, 0.2) is 0 Å². The lowest BCUT2D eigenvalue weighted by atomic mass is 10.4. The van der Waals surface area contributed by atoms with E-state index in [1.165, 1.54) is 0 Å². The van der Waals surface area contributed by atoms with Gasteiger partial charge in [0.25, 0.3) is 0 Å². The maximum Gasteiger partial charge on any atom is 0.241 e. The summed E-state index contributed by atoms with van der Waals surface area (Å²) in [6.07, 6.45) is 4.47. The number of nitrogens with one attached hydrogen (secondary N) is 1. The average molecular weight is 260 g/mol. The van der Waals surface area contributed by atoms with E-state index in [9.17, 15) is 0 Å². The maximum atomic E-state index is 5.26. The fraction of sp³-hybridized carbons (Fsp3) is 0.500. The van der Waals surface area contributed by atoms with Crippen molar-refractivity contribution in [2.45, 2.75) is 13.0 Å². The van der Waals surface area contributed by atoms with Crippen LogP contribution in [-0.2, 0) is 6.54 Å². The van der Waals surface area contributed by atoms with Gasteiger partial charge in [-0.15, -0.1) is 0 Å². The summed E-state index contributed by atoms with van der Waals surface area (Å²) >= 11 is 0. The van der Waals surface area contributed by atoms with E-state index >= 15 is 0 Å². The van der Waals surface area contributed by atoms with Crippen LogP contribution in [0.1, 0.15) is 12.3 Å². The highest BCUT2D eigenvalue weighted by Gasteiger charge is 2.15. The molecule has 7 heteroatoms. The smallest absolute Gasteiger partial charge is 0.241 e. The lowest BCUT2D eigenvalue weighted by Gasteiger charge is -2.16. The van der Waals surface area contributed by atoms with Gasteiger partial charge in [-0.05, 0) is 25.6 Å². The van der Waals surface area contributed by atoms with Crippen molar-refractivity contribution in [3.63, 3.8) is 0 Å². The molecule has 0 atom stereocenters. The fourth-order valence-corrected chi connectivity index (χ4v) is 2.08. The monoisotopic (exact) mass is 260 g/mol. The van der Waals surface area contributed by atoms with Crippen LogP contribution in [0.4, 0.5) is 0 Å². The molecule has 0 aromatic carbocycles. The van der Waals surface area contributed by atoms with Gasteiger partial charge in [-0.3, -0.25) is 4.90 Å². The molecule has 1 fully saturated rings. The summed E-state index contributed by atoms with van der Waals surface area (Å²) in [5.41, 5.74) is 0. The van der Waals surface area contributed by atoms with Crippen LogP contribution < -0.4 is 5.32 Å². The Morgan fingerprint density at radius 2 is 2.05 bits per heavy atom. The zero-order valence-electron chi connectivity index (χ0n) is 10.6. The van der Waals surface area contributed by atoms with Crippen LogP contribution in [0.3, 0.4) is 0 Å².